The second kappa shape index (κ2) is 15.0. The fraction of sp³-hybridized carbons (Fsp3) is 0.500. The summed E-state index contributed by atoms with van der Waals surface area (Å²) >= 11 is 1.71. The van der Waals surface area contributed by atoms with Gasteiger partial charge in [-0.25, -0.2) is 9.48 Å². The van der Waals surface area contributed by atoms with E-state index in [1.807, 2.05) is 36.6 Å². The fourth-order valence-electron chi connectivity index (χ4n) is 4.01. The first-order valence-electron chi connectivity index (χ1n) is 12.8. The number of nitrogens with one attached hydrogen (secondary N) is 1. The molecule has 0 saturated carbocycles. The van der Waals surface area contributed by atoms with Crippen LogP contribution in [0.4, 0.5) is 4.79 Å². The van der Waals surface area contributed by atoms with Gasteiger partial charge in [0.2, 0.25) is 11.8 Å². The van der Waals surface area contributed by atoms with Crippen molar-refractivity contribution in [3.05, 3.63) is 42.1 Å². The molecule has 2 N–H and O–H groups in total. The van der Waals surface area contributed by atoms with Gasteiger partial charge in [-0.2, -0.15) is 16.9 Å². The van der Waals surface area contributed by atoms with Crippen LogP contribution >= 0.6 is 11.8 Å². The third kappa shape index (κ3) is 8.63. The zero-order valence-electron chi connectivity index (χ0n) is 22.2. The second-order valence-corrected chi connectivity index (χ2v) is 9.77. The molecule has 1 aliphatic rings. The van der Waals surface area contributed by atoms with E-state index in [0.29, 0.717) is 18.2 Å². The van der Waals surface area contributed by atoms with Gasteiger partial charge in [0.15, 0.2) is 5.69 Å². The molecule has 0 spiro atoms. The van der Waals surface area contributed by atoms with E-state index in [0.717, 1.165) is 12.2 Å². The van der Waals surface area contributed by atoms with Crippen LogP contribution in [-0.4, -0.2) is 106 Å². The SMILES string of the molecule is CCOC(=O)N1CCN(C(=O)C(CCC(=O)O)NC(=O)c2cc(OCCCSC)n(-c3ccccc3)n2)CC1. The maximum absolute atomic E-state index is 13.3. The normalized spacial score (nSPS) is 14.0. The van der Waals surface area contributed by atoms with Gasteiger partial charge in [-0.15, -0.1) is 0 Å². The Hall–Kier alpha value is -3.74. The number of nitrogens with zero attached hydrogens (tertiary/aromatic N) is 4. The number of carboxylic acids is 1. The quantitative estimate of drug-likeness (QED) is 0.352. The smallest absolute Gasteiger partial charge is 0.409 e. The average molecular weight is 562 g/mol. The Labute approximate surface area is 231 Å². The van der Waals surface area contributed by atoms with E-state index < -0.39 is 29.9 Å². The molecule has 3 amide bonds. The number of aliphatic carboxylic acids is 1. The first-order chi connectivity index (χ1) is 18.8. The minimum Gasteiger partial charge on any atom is -0.481 e. The van der Waals surface area contributed by atoms with Crippen LogP contribution in [0.5, 0.6) is 5.88 Å². The molecular formula is C26H35N5O7S. The second-order valence-electron chi connectivity index (χ2n) is 8.78. The van der Waals surface area contributed by atoms with Crippen molar-refractivity contribution in [1.29, 1.82) is 0 Å². The molecule has 212 valence electrons. The number of carbonyl (C=O) groups excluding carboxylic acids is 3. The number of rotatable bonds is 13. The Morgan fingerprint density at radius 2 is 1.79 bits per heavy atom. The third-order valence-corrected chi connectivity index (χ3v) is 6.72. The molecule has 2 heterocycles. The van der Waals surface area contributed by atoms with Crippen molar-refractivity contribution in [1.82, 2.24) is 24.9 Å². The monoisotopic (exact) mass is 561 g/mol. The van der Waals surface area contributed by atoms with Crippen molar-refractivity contribution in [2.45, 2.75) is 32.2 Å². The minimum atomic E-state index is -1.08. The van der Waals surface area contributed by atoms with Gasteiger partial charge in [-0.1, -0.05) is 18.2 Å². The van der Waals surface area contributed by atoms with Crippen LogP contribution in [-0.2, 0) is 14.3 Å². The lowest BCUT2D eigenvalue weighted by atomic mass is 10.1. The highest BCUT2D eigenvalue weighted by Crippen LogP contribution is 2.20. The lowest BCUT2D eigenvalue weighted by Gasteiger charge is -2.35. The van der Waals surface area contributed by atoms with Crippen LogP contribution in [0, 0.1) is 0 Å². The number of para-hydroxylation sites is 1. The maximum Gasteiger partial charge on any atom is 0.409 e. The number of carbonyl (C=O) groups is 4. The zero-order chi connectivity index (χ0) is 28.2. The van der Waals surface area contributed by atoms with Gasteiger partial charge in [-0.05, 0) is 43.9 Å². The van der Waals surface area contributed by atoms with Crippen LogP contribution in [0.2, 0.25) is 0 Å². The van der Waals surface area contributed by atoms with Gasteiger partial charge in [-0.3, -0.25) is 14.4 Å². The topological polar surface area (TPSA) is 143 Å². The molecular weight excluding hydrogens is 526 g/mol. The Bertz CT molecular complexity index is 1120. The first kappa shape index (κ1) is 29.8. The maximum atomic E-state index is 13.3. The van der Waals surface area contributed by atoms with E-state index in [4.69, 9.17) is 9.47 Å². The van der Waals surface area contributed by atoms with E-state index in [1.165, 1.54) is 20.5 Å². The zero-order valence-corrected chi connectivity index (χ0v) is 23.0. The van der Waals surface area contributed by atoms with Crippen molar-refractivity contribution in [3.63, 3.8) is 0 Å². The molecule has 0 radical (unpaired) electrons. The number of aromatic nitrogens is 2. The summed E-state index contributed by atoms with van der Waals surface area (Å²) in [5, 5.41) is 16.3. The highest BCUT2D eigenvalue weighted by Gasteiger charge is 2.31. The third-order valence-electron chi connectivity index (χ3n) is 6.02. The van der Waals surface area contributed by atoms with Crippen molar-refractivity contribution in [2.75, 3.05) is 51.4 Å². The van der Waals surface area contributed by atoms with Crippen molar-refractivity contribution < 1.29 is 33.8 Å². The van der Waals surface area contributed by atoms with Crippen molar-refractivity contribution in [3.8, 4) is 11.6 Å². The lowest BCUT2D eigenvalue weighted by Crippen LogP contribution is -2.56. The van der Waals surface area contributed by atoms with Gasteiger partial charge in [0.25, 0.3) is 5.91 Å². The van der Waals surface area contributed by atoms with Crippen molar-refractivity contribution >= 4 is 35.6 Å². The predicted molar refractivity (Wildman–Crippen MR) is 145 cm³/mol. The Kier molecular flexibility index (Phi) is 11.5. The molecule has 1 aromatic heterocycles. The Morgan fingerprint density at radius 1 is 1.10 bits per heavy atom. The lowest BCUT2D eigenvalue weighted by molar-refractivity contribution is -0.138. The Morgan fingerprint density at radius 3 is 2.44 bits per heavy atom. The number of ether oxygens (including phenoxy) is 2. The van der Waals surface area contributed by atoms with Crippen molar-refractivity contribution in [2.24, 2.45) is 0 Å². The van der Waals surface area contributed by atoms with Gasteiger partial charge in [0.05, 0.1) is 18.9 Å². The van der Waals surface area contributed by atoms with E-state index in [9.17, 15) is 24.3 Å². The standard InChI is InChI=1S/C26H35N5O7S/c1-3-37-26(36)30-14-12-29(13-15-30)25(35)20(10-11-23(32)33)27-24(34)21-18-22(38-16-7-17-39-2)31(28-21)19-8-5-4-6-9-19/h4-6,8-9,18,20H,3,7,10-17H2,1-2H3,(H,27,34)(H,32,33). The predicted octanol–water partition coefficient (Wildman–Crippen LogP) is 2.27. The summed E-state index contributed by atoms with van der Waals surface area (Å²) in [7, 11) is 0. The van der Waals surface area contributed by atoms with Gasteiger partial charge in [0.1, 0.15) is 6.04 Å². The van der Waals surface area contributed by atoms with Gasteiger partial charge in [0, 0.05) is 38.7 Å². The molecule has 1 atom stereocenters. The fourth-order valence-corrected chi connectivity index (χ4v) is 4.42. The number of amides is 3. The highest BCUT2D eigenvalue weighted by molar-refractivity contribution is 7.98. The van der Waals surface area contributed by atoms with E-state index >= 15 is 0 Å². The summed E-state index contributed by atoms with van der Waals surface area (Å²) in [5.41, 5.74) is 0.744. The minimum absolute atomic E-state index is 0.0407. The molecule has 39 heavy (non-hydrogen) atoms. The molecule has 12 nitrogen and oxygen atoms in total. The summed E-state index contributed by atoms with van der Waals surface area (Å²) in [6.45, 7) is 3.47. The summed E-state index contributed by atoms with van der Waals surface area (Å²) in [4.78, 5) is 52.8. The number of benzene rings is 1. The highest BCUT2D eigenvalue weighted by atomic mass is 32.2. The van der Waals surface area contributed by atoms with Crippen LogP contribution in [0.15, 0.2) is 36.4 Å². The van der Waals surface area contributed by atoms with E-state index in [1.54, 1.807) is 18.7 Å². The van der Waals surface area contributed by atoms with E-state index in [-0.39, 0.29) is 51.3 Å². The molecule has 0 aliphatic carbocycles. The number of piperazine rings is 1. The number of hydrogen-bond donors (Lipinski definition) is 2. The first-order valence-corrected chi connectivity index (χ1v) is 14.2. The van der Waals surface area contributed by atoms with E-state index in [2.05, 4.69) is 10.4 Å². The van der Waals surface area contributed by atoms with Crippen LogP contribution in [0.1, 0.15) is 36.7 Å². The molecule has 1 saturated heterocycles. The summed E-state index contributed by atoms with van der Waals surface area (Å²) in [5.74, 6) is -0.801. The number of carboxylic acid groups (broad SMARTS) is 1. The summed E-state index contributed by atoms with van der Waals surface area (Å²) in [6, 6.07) is 9.66. The number of hydrogen-bond acceptors (Lipinski definition) is 8. The van der Waals surface area contributed by atoms with Crippen LogP contribution in [0.3, 0.4) is 0 Å². The molecule has 1 fully saturated rings. The molecule has 13 heteroatoms. The molecule has 2 aromatic rings. The van der Waals surface area contributed by atoms with Crippen LogP contribution < -0.4 is 10.1 Å². The molecule has 1 aliphatic heterocycles. The summed E-state index contributed by atoms with van der Waals surface area (Å²) < 4.78 is 12.4. The largest absolute Gasteiger partial charge is 0.481 e. The number of thioether (sulfide) groups is 1. The van der Waals surface area contributed by atoms with Crippen LogP contribution in [0.25, 0.3) is 5.69 Å². The van der Waals surface area contributed by atoms with Gasteiger partial charge >= 0.3 is 12.1 Å². The summed E-state index contributed by atoms with van der Waals surface area (Å²) in [6.07, 6.45) is 1.99. The molecule has 0 bridgehead atoms. The molecule has 1 unspecified atom stereocenters. The molecule has 3 rings (SSSR count). The average Bonchev–Trinajstić information content (AvgIpc) is 3.38. The Balaban J connectivity index is 1.74. The van der Waals surface area contributed by atoms with Gasteiger partial charge < -0.3 is 29.7 Å². The molecule has 1 aromatic carbocycles.